The number of amides is 1. The third kappa shape index (κ3) is 3.34. The van der Waals surface area contributed by atoms with Crippen molar-refractivity contribution in [3.05, 3.63) is 45.1 Å². The highest BCUT2D eigenvalue weighted by atomic mass is 79.9. The molecule has 0 saturated carbocycles. The van der Waals surface area contributed by atoms with E-state index < -0.39 is 0 Å². The van der Waals surface area contributed by atoms with Gasteiger partial charge >= 0.3 is 0 Å². The van der Waals surface area contributed by atoms with Gasteiger partial charge in [-0.05, 0) is 53.2 Å². The summed E-state index contributed by atoms with van der Waals surface area (Å²) in [5.74, 6) is 0.690. The first kappa shape index (κ1) is 13.1. The normalized spacial score (nSPS) is 10.1. The Hall–Kier alpha value is -1.33. The Labute approximate surface area is 118 Å². The predicted octanol–water partition coefficient (Wildman–Crippen LogP) is 4.16. The van der Waals surface area contributed by atoms with Gasteiger partial charge in [-0.25, -0.2) is 0 Å². The number of rotatable bonds is 4. The van der Waals surface area contributed by atoms with E-state index >= 15 is 0 Å². The van der Waals surface area contributed by atoms with E-state index in [9.17, 15) is 4.79 Å². The molecule has 1 N–H and O–H groups in total. The smallest absolute Gasteiger partial charge is 0.256 e. The van der Waals surface area contributed by atoms with Crippen LogP contribution in [0.5, 0.6) is 5.75 Å². The third-order valence-corrected chi connectivity index (χ3v) is 3.76. The van der Waals surface area contributed by atoms with E-state index in [1.54, 1.807) is 6.07 Å². The molecular weight excluding hydrogens is 314 g/mol. The van der Waals surface area contributed by atoms with Crippen LogP contribution in [-0.2, 0) is 0 Å². The summed E-state index contributed by atoms with van der Waals surface area (Å²) < 4.78 is 6.28. The molecule has 0 aliphatic carbocycles. The fourth-order valence-corrected chi connectivity index (χ4v) is 2.57. The number of anilines is 1. The van der Waals surface area contributed by atoms with Gasteiger partial charge < -0.3 is 10.1 Å². The molecule has 94 valence electrons. The summed E-state index contributed by atoms with van der Waals surface area (Å²) in [5.41, 5.74) is 1.41. The van der Waals surface area contributed by atoms with E-state index in [2.05, 4.69) is 21.2 Å². The van der Waals surface area contributed by atoms with Crippen molar-refractivity contribution < 1.29 is 9.53 Å². The third-order valence-electron chi connectivity index (χ3n) is 2.25. The van der Waals surface area contributed by atoms with Crippen molar-refractivity contribution in [1.82, 2.24) is 0 Å². The summed E-state index contributed by atoms with van der Waals surface area (Å²) in [7, 11) is 0. The molecule has 0 bridgehead atoms. The molecule has 0 fully saturated rings. The highest BCUT2D eigenvalue weighted by molar-refractivity contribution is 9.11. The van der Waals surface area contributed by atoms with Crippen LogP contribution in [-0.4, -0.2) is 12.5 Å². The van der Waals surface area contributed by atoms with Crippen LogP contribution >= 0.6 is 27.3 Å². The summed E-state index contributed by atoms with van der Waals surface area (Å²) in [4.78, 5) is 11.9. The zero-order valence-corrected chi connectivity index (χ0v) is 12.2. The van der Waals surface area contributed by atoms with E-state index in [0.29, 0.717) is 12.2 Å². The van der Waals surface area contributed by atoms with Gasteiger partial charge in [0.25, 0.3) is 5.91 Å². The number of carbonyl (C=O) groups excluding carboxylic acids is 1. The zero-order chi connectivity index (χ0) is 13.0. The van der Waals surface area contributed by atoms with Crippen molar-refractivity contribution in [3.63, 3.8) is 0 Å². The van der Waals surface area contributed by atoms with Crippen LogP contribution in [0.4, 0.5) is 5.69 Å². The fourth-order valence-electron chi connectivity index (χ4n) is 1.43. The quantitative estimate of drug-likeness (QED) is 0.916. The maximum Gasteiger partial charge on any atom is 0.256 e. The topological polar surface area (TPSA) is 38.3 Å². The maximum absolute atomic E-state index is 11.9. The van der Waals surface area contributed by atoms with Crippen LogP contribution in [0.3, 0.4) is 0 Å². The number of hydrogen-bond donors (Lipinski definition) is 1. The first-order chi connectivity index (χ1) is 8.69. The first-order valence-electron chi connectivity index (χ1n) is 5.47. The SMILES string of the molecule is CCOc1ccc(NC(=O)c2csc(Br)c2)cc1. The lowest BCUT2D eigenvalue weighted by Crippen LogP contribution is -2.10. The zero-order valence-electron chi connectivity index (χ0n) is 9.77. The van der Waals surface area contributed by atoms with Crippen molar-refractivity contribution in [2.24, 2.45) is 0 Å². The van der Waals surface area contributed by atoms with Gasteiger partial charge in [0.15, 0.2) is 0 Å². The van der Waals surface area contributed by atoms with Crippen LogP contribution in [0.1, 0.15) is 17.3 Å². The summed E-state index contributed by atoms with van der Waals surface area (Å²) in [5, 5.41) is 4.65. The number of thiophene rings is 1. The molecule has 0 atom stereocenters. The predicted molar refractivity (Wildman–Crippen MR) is 77.6 cm³/mol. The van der Waals surface area contributed by atoms with E-state index in [1.807, 2.05) is 36.6 Å². The van der Waals surface area contributed by atoms with E-state index in [4.69, 9.17) is 4.74 Å². The number of hydrogen-bond acceptors (Lipinski definition) is 3. The van der Waals surface area contributed by atoms with E-state index in [0.717, 1.165) is 15.2 Å². The van der Waals surface area contributed by atoms with Gasteiger partial charge in [-0.2, -0.15) is 0 Å². The minimum Gasteiger partial charge on any atom is -0.494 e. The summed E-state index contributed by atoms with van der Waals surface area (Å²) in [6.07, 6.45) is 0. The van der Waals surface area contributed by atoms with Gasteiger partial charge in [-0.15, -0.1) is 11.3 Å². The molecule has 2 aromatic rings. The Morgan fingerprint density at radius 3 is 2.67 bits per heavy atom. The van der Waals surface area contributed by atoms with Gasteiger partial charge in [-0.3, -0.25) is 4.79 Å². The van der Waals surface area contributed by atoms with Gasteiger partial charge in [-0.1, -0.05) is 0 Å². The van der Waals surface area contributed by atoms with Crippen LogP contribution in [0.15, 0.2) is 39.5 Å². The van der Waals surface area contributed by atoms with E-state index in [-0.39, 0.29) is 5.91 Å². The van der Waals surface area contributed by atoms with Gasteiger partial charge in [0, 0.05) is 11.1 Å². The number of benzene rings is 1. The van der Waals surface area contributed by atoms with Crippen molar-refractivity contribution in [2.75, 3.05) is 11.9 Å². The minimum atomic E-state index is -0.110. The molecular formula is C13H12BrNO2S. The summed E-state index contributed by atoms with van der Waals surface area (Å²) >= 11 is 4.82. The van der Waals surface area contributed by atoms with Crippen molar-refractivity contribution in [1.29, 1.82) is 0 Å². The lowest BCUT2D eigenvalue weighted by molar-refractivity contribution is 0.102. The Morgan fingerprint density at radius 1 is 1.39 bits per heavy atom. The average molecular weight is 326 g/mol. The number of ether oxygens (including phenoxy) is 1. The second kappa shape index (κ2) is 6.02. The monoisotopic (exact) mass is 325 g/mol. The van der Waals surface area contributed by atoms with Gasteiger partial charge in [0.1, 0.15) is 5.75 Å². The maximum atomic E-state index is 11.9. The van der Waals surface area contributed by atoms with Crippen LogP contribution < -0.4 is 10.1 Å². The second-order valence-corrected chi connectivity index (χ2v) is 5.84. The highest BCUT2D eigenvalue weighted by Gasteiger charge is 2.08. The molecule has 0 aliphatic heterocycles. The lowest BCUT2D eigenvalue weighted by atomic mass is 10.2. The van der Waals surface area contributed by atoms with Crippen molar-refractivity contribution in [3.8, 4) is 5.75 Å². The molecule has 1 aromatic heterocycles. The summed E-state index contributed by atoms with van der Waals surface area (Å²) in [6.45, 7) is 2.57. The van der Waals surface area contributed by atoms with E-state index in [1.165, 1.54) is 11.3 Å². The number of nitrogens with one attached hydrogen (secondary N) is 1. The van der Waals surface area contributed by atoms with Crippen LogP contribution in [0.2, 0.25) is 0 Å². The molecule has 0 saturated heterocycles. The molecule has 3 nitrogen and oxygen atoms in total. The lowest BCUT2D eigenvalue weighted by Gasteiger charge is -2.06. The van der Waals surface area contributed by atoms with Gasteiger partial charge in [0.05, 0.1) is 16.0 Å². The molecule has 0 spiro atoms. The standard InChI is InChI=1S/C13H12BrNO2S/c1-2-17-11-5-3-10(4-6-11)15-13(16)9-7-12(14)18-8-9/h3-8H,2H2,1H3,(H,15,16). The Morgan fingerprint density at radius 2 is 2.11 bits per heavy atom. The molecule has 2 rings (SSSR count). The number of carbonyl (C=O) groups is 1. The molecule has 0 unspecified atom stereocenters. The molecule has 0 radical (unpaired) electrons. The first-order valence-corrected chi connectivity index (χ1v) is 7.14. The molecule has 0 aliphatic rings. The Kier molecular flexibility index (Phi) is 4.38. The Bertz CT molecular complexity index is 536. The highest BCUT2D eigenvalue weighted by Crippen LogP contribution is 2.22. The second-order valence-electron chi connectivity index (χ2n) is 3.55. The summed E-state index contributed by atoms with van der Waals surface area (Å²) in [6, 6.07) is 9.12. The molecule has 1 amide bonds. The van der Waals surface area contributed by atoms with Gasteiger partial charge in [0.2, 0.25) is 0 Å². The average Bonchev–Trinajstić information content (AvgIpc) is 2.79. The van der Waals surface area contributed by atoms with Crippen LogP contribution in [0.25, 0.3) is 0 Å². The molecule has 5 heteroatoms. The fraction of sp³-hybridized carbons (Fsp3) is 0.154. The number of halogens is 1. The molecule has 1 heterocycles. The molecule has 1 aromatic carbocycles. The minimum absolute atomic E-state index is 0.110. The molecule has 18 heavy (non-hydrogen) atoms. The Balaban J connectivity index is 2.03. The van der Waals surface area contributed by atoms with Crippen LogP contribution in [0, 0.1) is 0 Å². The van der Waals surface area contributed by atoms with Crippen molar-refractivity contribution in [2.45, 2.75) is 6.92 Å². The largest absolute Gasteiger partial charge is 0.494 e. The van der Waals surface area contributed by atoms with Crippen molar-refractivity contribution >= 4 is 38.9 Å².